The Labute approximate surface area is 183 Å². The van der Waals surface area contributed by atoms with Gasteiger partial charge in [0.25, 0.3) is 5.91 Å². The summed E-state index contributed by atoms with van der Waals surface area (Å²) < 4.78 is 4.95. The summed E-state index contributed by atoms with van der Waals surface area (Å²) in [5.74, 6) is -0.216. The summed E-state index contributed by atoms with van der Waals surface area (Å²) in [7, 11) is 1.49. The van der Waals surface area contributed by atoms with Gasteiger partial charge in [-0.25, -0.2) is 4.79 Å². The highest BCUT2D eigenvalue weighted by molar-refractivity contribution is 6.07. The lowest BCUT2D eigenvalue weighted by atomic mass is 9.87. The van der Waals surface area contributed by atoms with Crippen LogP contribution in [0.1, 0.15) is 31.2 Å². The molecule has 3 heterocycles. The zero-order valence-electron chi connectivity index (χ0n) is 18.2. The molecule has 0 aromatic heterocycles. The van der Waals surface area contributed by atoms with E-state index in [9.17, 15) is 14.4 Å². The molecule has 168 valence electrons. The quantitative estimate of drug-likeness (QED) is 0.690. The van der Waals surface area contributed by atoms with Crippen molar-refractivity contribution in [2.24, 2.45) is 0 Å². The molecule has 0 unspecified atom stereocenters. The molecule has 0 bridgehead atoms. The number of ether oxygens (including phenoxy) is 1. The van der Waals surface area contributed by atoms with Gasteiger partial charge in [-0.1, -0.05) is 30.3 Å². The van der Waals surface area contributed by atoms with E-state index < -0.39 is 5.54 Å². The number of rotatable bonds is 6. The fourth-order valence-electron chi connectivity index (χ4n) is 5.01. The topological polar surface area (TPSA) is 82.2 Å². The first-order valence-electron chi connectivity index (χ1n) is 11.2. The Kier molecular flexibility index (Phi) is 6.57. The van der Waals surface area contributed by atoms with Crippen molar-refractivity contribution in [2.75, 3.05) is 46.4 Å². The van der Waals surface area contributed by atoms with E-state index >= 15 is 0 Å². The normalized spacial score (nSPS) is 24.0. The number of piperidine rings is 2. The number of benzene rings is 1. The number of likely N-dealkylation sites (tertiary alicyclic amines) is 2. The van der Waals surface area contributed by atoms with Gasteiger partial charge in [-0.05, 0) is 37.7 Å². The Morgan fingerprint density at radius 1 is 1.16 bits per heavy atom. The Bertz CT molecular complexity index is 807. The molecule has 8 heteroatoms. The fraction of sp³-hybridized carbons (Fsp3) is 0.609. The van der Waals surface area contributed by atoms with E-state index in [1.54, 1.807) is 4.90 Å². The summed E-state index contributed by atoms with van der Waals surface area (Å²) in [5.41, 5.74) is 0.517. The first-order valence-corrected chi connectivity index (χ1v) is 11.2. The Morgan fingerprint density at radius 2 is 1.90 bits per heavy atom. The molecule has 1 aromatic carbocycles. The first kappa shape index (κ1) is 21.8. The molecule has 3 fully saturated rings. The summed E-state index contributed by atoms with van der Waals surface area (Å²) >= 11 is 0. The number of carbonyl (C=O) groups excluding carboxylic acids is 3. The van der Waals surface area contributed by atoms with Crippen LogP contribution in [-0.4, -0.2) is 90.6 Å². The van der Waals surface area contributed by atoms with Gasteiger partial charge < -0.3 is 19.9 Å². The summed E-state index contributed by atoms with van der Waals surface area (Å²) in [6, 6.07) is 9.82. The number of amides is 4. The molecule has 1 N–H and O–H groups in total. The maximum atomic E-state index is 13.4. The summed E-state index contributed by atoms with van der Waals surface area (Å²) in [6.45, 7) is 3.58. The Balaban J connectivity index is 1.34. The van der Waals surface area contributed by atoms with Crippen molar-refractivity contribution in [2.45, 2.75) is 43.7 Å². The van der Waals surface area contributed by atoms with E-state index in [0.29, 0.717) is 25.9 Å². The van der Waals surface area contributed by atoms with Gasteiger partial charge in [0.2, 0.25) is 5.91 Å². The zero-order valence-corrected chi connectivity index (χ0v) is 18.2. The molecule has 1 spiro atoms. The van der Waals surface area contributed by atoms with Crippen molar-refractivity contribution in [3.05, 3.63) is 35.9 Å². The maximum Gasteiger partial charge on any atom is 0.325 e. The third-order valence-electron chi connectivity index (χ3n) is 6.84. The van der Waals surface area contributed by atoms with Crippen LogP contribution in [0.2, 0.25) is 0 Å². The molecule has 31 heavy (non-hydrogen) atoms. The van der Waals surface area contributed by atoms with Crippen LogP contribution in [0.15, 0.2) is 30.3 Å². The number of imide groups is 1. The summed E-state index contributed by atoms with van der Waals surface area (Å²) in [6.07, 6.45) is 3.74. The predicted molar refractivity (Wildman–Crippen MR) is 115 cm³/mol. The van der Waals surface area contributed by atoms with E-state index in [0.717, 1.165) is 38.9 Å². The van der Waals surface area contributed by atoms with Crippen LogP contribution in [0.25, 0.3) is 0 Å². The van der Waals surface area contributed by atoms with Crippen molar-refractivity contribution in [3.8, 4) is 0 Å². The van der Waals surface area contributed by atoms with Gasteiger partial charge in [-0.3, -0.25) is 14.5 Å². The second-order valence-corrected chi connectivity index (χ2v) is 8.83. The van der Waals surface area contributed by atoms with E-state index in [1.807, 2.05) is 6.07 Å². The number of nitrogens with zero attached hydrogens (tertiary/aromatic N) is 3. The maximum absolute atomic E-state index is 13.4. The lowest BCUT2D eigenvalue weighted by Gasteiger charge is -2.39. The van der Waals surface area contributed by atoms with E-state index in [1.165, 1.54) is 17.6 Å². The van der Waals surface area contributed by atoms with Gasteiger partial charge in [0, 0.05) is 39.8 Å². The number of urea groups is 1. The van der Waals surface area contributed by atoms with Gasteiger partial charge in [0.15, 0.2) is 0 Å². The molecular formula is C23H32N4O4. The van der Waals surface area contributed by atoms with Crippen molar-refractivity contribution >= 4 is 17.8 Å². The van der Waals surface area contributed by atoms with Crippen molar-refractivity contribution < 1.29 is 19.1 Å². The molecule has 3 saturated heterocycles. The van der Waals surface area contributed by atoms with Crippen molar-refractivity contribution in [1.29, 1.82) is 0 Å². The highest BCUT2D eigenvalue weighted by atomic mass is 16.5. The lowest BCUT2D eigenvalue weighted by Crippen LogP contribution is -2.56. The molecule has 1 atom stereocenters. The number of hydrogen-bond donors (Lipinski definition) is 1. The second kappa shape index (κ2) is 9.36. The average Bonchev–Trinajstić information content (AvgIpc) is 3.03. The standard InChI is InChI=1S/C23H32N4O4/c1-31-17-20(28)26-12-5-8-19(16-26)27-21(29)23(24-22(27)30)10-14-25(15-11-23)13-9-18-6-3-2-4-7-18/h2-4,6-7,19H,5,8-17H2,1H3,(H,24,30)/t19-/m1/s1. The molecule has 4 amide bonds. The molecule has 0 saturated carbocycles. The van der Waals surface area contributed by atoms with Gasteiger partial charge in [0.1, 0.15) is 12.1 Å². The molecule has 0 aliphatic carbocycles. The smallest absolute Gasteiger partial charge is 0.325 e. The largest absolute Gasteiger partial charge is 0.375 e. The monoisotopic (exact) mass is 428 g/mol. The van der Waals surface area contributed by atoms with E-state index in [2.05, 4.69) is 34.5 Å². The molecule has 0 radical (unpaired) electrons. The zero-order chi connectivity index (χ0) is 21.8. The Morgan fingerprint density at radius 3 is 2.61 bits per heavy atom. The first-order chi connectivity index (χ1) is 15.0. The van der Waals surface area contributed by atoms with Crippen LogP contribution in [0.5, 0.6) is 0 Å². The number of nitrogens with one attached hydrogen (secondary N) is 1. The third-order valence-corrected chi connectivity index (χ3v) is 6.84. The van der Waals surface area contributed by atoms with E-state index in [-0.39, 0.29) is 30.5 Å². The molecule has 4 rings (SSSR count). The number of carbonyl (C=O) groups is 3. The SMILES string of the molecule is COCC(=O)N1CCC[C@@H](N2C(=O)NC3(CCN(CCc4ccccc4)CC3)C2=O)C1. The third kappa shape index (κ3) is 4.60. The van der Waals surface area contributed by atoms with Gasteiger partial charge in [-0.2, -0.15) is 0 Å². The lowest BCUT2D eigenvalue weighted by molar-refractivity contribution is -0.141. The van der Waals surface area contributed by atoms with Crippen molar-refractivity contribution in [1.82, 2.24) is 20.0 Å². The van der Waals surface area contributed by atoms with Crippen molar-refractivity contribution in [3.63, 3.8) is 0 Å². The molecule has 3 aliphatic heterocycles. The second-order valence-electron chi connectivity index (χ2n) is 8.83. The molecule has 3 aliphatic rings. The van der Waals surface area contributed by atoms with Crippen LogP contribution in [0, 0.1) is 0 Å². The minimum atomic E-state index is -0.793. The molecular weight excluding hydrogens is 396 g/mol. The minimum Gasteiger partial charge on any atom is -0.375 e. The van der Waals surface area contributed by atoms with E-state index in [4.69, 9.17) is 4.74 Å². The summed E-state index contributed by atoms with van der Waals surface area (Å²) in [4.78, 5) is 43.9. The number of hydrogen-bond acceptors (Lipinski definition) is 5. The van der Waals surface area contributed by atoms with Crippen LogP contribution in [-0.2, 0) is 20.7 Å². The highest BCUT2D eigenvalue weighted by Gasteiger charge is 2.54. The van der Waals surface area contributed by atoms with Gasteiger partial charge >= 0.3 is 6.03 Å². The molecule has 1 aromatic rings. The van der Waals surface area contributed by atoms with Crippen LogP contribution < -0.4 is 5.32 Å². The van der Waals surface area contributed by atoms with Crippen LogP contribution in [0.4, 0.5) is 4.79 Å². The van der Waals surface area contributed by atoms with Gasteiger partial charge in [-0.15, -0.1) is 0 Å². The van der Waals surface area contributed by atoms with Gasteiger partial charge in [0.05, 0.1) is 6.04 Å². The Hall–Kier alpha value is -2.45. The predicted octanol–water partition coefficient (Wildman–Crippen LogP) is 1.25. The molecule has 8 nitrogen and oxygen atoms in total. The highest BCUT2D eigenvalue weighted by Crippen LogP contribution is 2.32. The fourth-order valence-corrected chi connectivity index (χ4v) is 5.01. The summed E-state index contributed by atoms with van der Waals surface area (Å²) in [5, 5.41) is 3.01. The van der Waals surface area contributed by atoms with Crippen LogP contribution in [0.3, 0.4) is 0 Å². The van der Waals surface area contributed by atoms with Crippen LogP contribution >= 0.6 is 0 Å². The number of methoxy groups -OCH3 is 1. The minimum absolute atomic E-state index is 0.0234. The average molecular weight is 429 g/mol.